The second kappa shape index (κ2) is 10.5. The Labute approximate surface area is 201 Å². The van der Waals surface area contributed by atoms with Crippen LogP contribution in [-0.2, 0) is 23.1 Å². The number of anilines is 2. The molecule has 0 unspecified atom stereocenters. The molecule has 8 nitrogen and oxygen atoms in total. The maximum atomic E-state index is 14.0. The Kier molecular flexibility index (Phi) is 7.75. The van der Waals surface area contributed by atoms with Gasteiger partial charge in [-0.25, -0.2) is 12.8 Å². The van der Waals surface area contributed by atoms with E-state index in [4.69, 9.17) is 22.7 Å². The van der Waals surface area contributed by atoms with Crippen LogP contribution in [0.4, 0.5) is 15.8 Å². The van der Waals surface area contributed by atoms with Crippen molar-refractivity contribution in [1.82, 2.24) is 5.32 Å². The first kappa shape index (κ1) is 25.0. The van der Waals surface area contributed by atoms with Crippen LogP contribution in [0.1, 0.15) is 27.0 Å². The normalized spacial score (nSPS) is 11.0. The molecular formula is C23H23ClFN5O3S. The lowest BCUT2D eigenvalue weighted by Crippen LogP contribution is -2.24. The van der Waals surface area contributed by atoms with Gasteiger partial charge in [0.15, 0.2) is 0 Å². The zero-order valence-corrected chi connectivity index (χ0v) is 19.7. The van der Waals surface area contributed by atoms with E-state index in [1.807, 2.05) is 0 Å². The molecule has 1 amide bonds. The lowest BCUT2D eigenvalue weighted by Gasteiger charge is -2.15. The average molecular weight is 504 g/mol. The van der Waals surface area contributed by atoms with Crippen molar-refractivity contribution >= 4 is 44.7 Å². The summed E-state index contributed by atoms with van der Waals surface area (Å²) < 4.78 is 39.3. The molecule has 178 valence electrons. The van der Waals surface area contributed by atoms with Gasteiger partial charge in [0, 0.05) is 40.5 Å². The molecule has 6 N–H and O–H groups in total. The monoisotopic (exact) mass is 503 g/mol. The number of rotatable bonds is 9. The molecule has 0 atom stereocenters. The maximum absolute atomic E-state index is 14.0. The van der Waals surface area contributed by atoms with Crippen molar-refractivity contribution in [3.8, 4) is 0 Å². The Morgan fingerprint density at radius 2 is 1.76 bits per heavy atom. The van der Waals surface area contributed by atoms with E-state index in [0.29, 0.717) is 22.4 Å². The standard InChI is InChI=1S/C23H23ClFN5O3S/c1-34(32,33)30-19-9-17(8-18(24)11-19)23(31)29-13-16-7-6-14(22(26)27)10-21(16)28-12-15-4-2-3-5-20(15)25/h2-11,28,30H,12-13H2,1H3,(H3,26,27)(H,29,31). The van der Waals surface area contributed by atoms with Crippen molar-refractivity contribution in [2.45, 2.75) is 13.1 Å². The Hall–Kier alpha value is -3.63. The second-order valence-corrected chi connectivity index (χ2v) is 9.70. The summed E-state index contributed by atoms with van der Waals surface area (Å²) in [4.78, 5) is 12.7. The summed E-state index contributed by atoms with van der Waals surface area (Å²) in [5, 5.41) is 13.8. The van der Waals surface area contributed by atoms with Crippen molar-refractivity contribution in [3.63, 3.8) is 0 Å². The molecule has 0 fully saturated rings. The number of carbonyl (C=O) groups excluding carboxylic acids is 1. The topological polar surface area (TPSA) is 137 Å². The molecule has 0 heterocycles. The van der Waals surface area contributed by atoms with Gasteiger partial charge in [-0.3, -0.25) is 14.9 Å². The fraction of sp³-hybridized carbons (Fsp3) is 0.130. The highest BCUT2D eigenvalue weighted by molar-refractivity contribution is 7.92. The fourth-order valence-electron chi connectivity index (χ4n) is 3.17. The second-order valence-electron chi connectivity index (χ2n) is 7.52. The van der Waals surface area contributed by atoms with Crippen molar-refractivity contribution in [2.75, 3.05) is 16.3 Å². The van der Waals surface area contributed by atoms with Gasteiger partial charge in [0.05, 0.1) is 11.9 Å². The third-order valence-electron chi connectivity index (χ3n) is 4.75. The SMILES string of the molecule is CS(=O)(=O)Nc1cc(Cl)cc(C(=O)NCc2ccc(C(=N)N)cc2NCc2ccccc2F)c1. The van der Waals surface area contributed by atoms with Crippen LogP contribution in [0, 0.1) is 11.2 Å². The molecule has 0 aliphatic carbocycles. The lowest BCUT2D eigenvalue weighted by atomic mass is 10.1. The maximum Gasteiger partial charge on any atom is 0.251 e. The Balaban J connectivity index is 1.79. The number of sulfonamides is 1. The Bertz CT molecular complexity index is 1350. The Morgan fingerprint density at radius 1 is 1.03 bits per heavy atom. The number of benzene rings is 3. The minimum atomic E-state index is -3.54. The summed E-state index contributed by atoms with van der Waals surface area (Å²) in [5.41, 5.74) is 8.10. The zero-order chi connectivity index (χ0) is 24.9. The quantitative estimate of drug-likeness (QED) is 0.224. The van der Waals surface area contributed by atoms with Crippen molar-refractivity contribution in [1.29, 1.82) is 5.41 Å². The molecule has 0 bridgehead atoms. The summed E-state index contributed by atoms with van der Waals surface area (Å²) in [6, 6.07) is 15.5. The van der Waals surface area contributed by atoms with E-state index in [1.165, 1.54) is 24.3 Å². The predicted octanol–water partition coefficient (Wildman–Crippen LogP) is 3.68. The highest BCUT2D eigenvalue weighted by atomic mass is 35.5. The smallest absolute Gasteiger partial charge is 0.251 e. The number of amides is 1. The van der Waals surface area contributed by atoms with Gasteiger partial charge >= 0.3 is 0 Å². The summed E-state index contributed by atoms with van der Waals surface area (Å²) in [7, 11) is -3.54. The van der Waals surface area contributed by atoms with E-state index in [-0.39, 0.29) is 41.0 Å². The van der Waals surface area contributed by atoms with Gasteiger partial charge in [-0.05, 0) is 35.9 Å². The summed E-state index contributed by atoms with van der Waals surface area (Å²) in [6.07, 6.45) is 0.994. The fourth-order valence-corrected chi connectivity index (χ4v) is 3.95. The molecule has 0 aromatic heterocycles. The number of amidine groups is 1. The van der Waals surface area contributed by atoms with Crippen LogP contribution < -0.4 is 21.1 Å². The molecule has 0 aliphatic rings. The summed E-state index contributed by atoms with van der Waals surface area (Å²) in [5.74, 6) is -0.962. The number of nitrogen functional groups attached to an aromatic ring is 1. The van der Waals surface area contributed by atoms with Gasteiger partial charge in [0.25, 0.3) is 5.91 Å². The number of halogens is 2. The molecule has 3 aromatic carbocycles. The number of hydrogen-bond donors (Lipinski definition) is 5. The van der Waals surface area contributed by atoms with Crippen LogP contribution in [0.5, 0.6) is 0 Å². The van der Waals surface area contributed by atoms with E-state index in [0.717, 1.165) is 6.26 Å². The molecular weight excluding hydrogens is 481 g/mol. The number of nitrogens with one attached hydrogen (secondary N) is 4. The van der Waals surface area contributed by atoms with Crippen LogP contribution in [-0.4, -0.2) is 26.4 Å². The molecule has 11 heteroatoms. The molecule has 34 heavy (non-hydrogen) atoms. The van der Waals surface area contributed by atoms with Gasteiger partial charge < -0.3 is 16.4 Å². The zero-order valence-electron chi connectivity index (χ0n) is 18.2. The van der Waals surface area contributed by atoms with Crippen LogP contribution in [0.2, 0.25) is 5.02 Å². The van der Waals surface area contributed by atoms with E-state index >= 15 is 0 Å². The first-order chi connectivity index (χ1) is 16.0. The molecule has 0 aliphatic heterocycles. The van der Waals surface area contributed by atoms with E-state index in [2.05, 4.69) is 15.4 Å². The Morgan fingerprint density at radius 3 is 2.44 bits per heavy atom. The third kappa shape index (κ3) is 6.93. The van der Waals surface area contributed by atoms with E-state index in [1.54, 1.807) is 36.4 Å². The van der Waals surface area contributed by atoms with E-state index in [9.17, 15) is 17.6 Å². The van der Waals surface area contributed by atoms with Crippen molar-refractivity contribution in [2.24, 2.45) is 5.73 Å². The average Bonchev–Trinajstić information content (AvgIpc) is 2.75. The summed E-state index contributed by atoms with van der Waals surface area (Å²) in [6.45, 7) is 0.280. The molecule has 0 radical (unpaired) electrons. The molecule has 3 rings (SSSR count). The van der Waals surface area contributed by atoms with Crippen molar-refractivity contribution in [3.05, 3.63) is 93.8 Å². The van der Waals surface area contributed by atoms with Gasteiger partial charge in [0.2, 0.25) is 10.0 Å². The van der Waals surface area contributed by atoms with Gasteiger partial charge in [-0.15, -0.1) is 0 Å². The first-order valence-corrected chi connectivity index (χ1v) is 12.3. The minimum Gasteiger partial charge on any atom is -0.384 e. The minimum absolute atomic E-state index is 0.0952. The first-order valence-electron chi connectivity index (χ1n) is 10.0. The highest BCUT2D eigenvalue weighted by Gasteiger charge is 2.13. The molecule has 0 saturated carbocycles. The van der Waals surface area contributed by atoms with Gasteiger partial charge in [-0.1, -0.05) is 41.9 Å². The van der Waals surface area contributed by atoms with Crippen LogP contribution in [0.15, 0.2) is 60.7 Å². The predicted molar refractivity (Wildman–Crippen MR) is 132 cm³/mol. The summed E-state index contributed by atoms with van der Waals surface area (Å²) >= 11 is 6.04. The molecule has 0 spiro atoms. The van der Waals surface area contributed by atoms with E-state index < -0.39 is 15.9 Å². The number of hydrogen-bond acceptors (Lipinski definition) is 5. The van der Waals surface area contributed by atoms with Crippen LogP contribution in [0.3, 0.4) is 0 Å². The number of carbonyl (C=O) groups is 1. The number of nitrogens with two attached hydrogens (primary N) is 1. The highest BCUT2D eigenvalue weighted by Crippen LogP contribution is 2.22. The van der Waals surface area contributed by atoms with Crippen LogP contribution >= 0.6 is 11.6 Å². The molecule has 0 saturated heterocycles. The van der Waals surface area contributed by atoms with Gasteiger partial charge in [-0.2, -0.15) is 0 Å². The van der Waals surface area contributed by atoms with Crippen molar-refractivity contribution < 1.29 is 17.6 Å². The third-order valence-corrected chi connectivity index (χ3v) is 5.58. The largest absolute Gasteiger partial charge is 0.384 e. The molecule has 3 aromatic rings. The van der Waals surface area contributed by atoms with Crippen LogP contribution in [0.25, 0.3) is 0 Å². The van der Waals surface area contributed by atoms with Gasteiger partial charge in [0.1, 0.15) is 11.7 Å². The lowest BCUT2D eigenvalue weighted by molar-refractivity contribution is 0.0951.